The summed E-state index contributed by atoms with van der Waals surface area (Å²) in [6.45, 7) is 2.32. The first-order valence-corrected chi connectivity index (χ1v) is 7.89. The molecule has 0 bridgehead atoms. The van der Waals surface area contributed by atoms with Crippen molar-refractivity contribution >= 4 is 6.03 Å². The number of carbonyl (C=O) groups excluding carboxylic acids is 1. The molecule has 1 heterocycles. The molecular formula is C16H22F3N3O2. The fourth-order valence-corrected chi connectivity index (χ4v) is 2.65. The Kier molecular flexibility index (Phi) is 6.44. The highest BCUT2D eigenvalue weighted by Gasteiger charge is 2.41. The second-order valence-electron chi connectivity index (χ2n) is 5.79. The second kappa shape index (κ2) is 8.34. The Balaban J connectivity index is 1.93. The smallest absolute Gasteiger partial charge is 0.395 e. The van der Waals surface area contributed by atoms with Gasteiger partial charge in [-0.15, -0.1) is 0 Å². The summed E-state index contributed by atoms with van der Waals surface area (Å²) in [6, 6.07) is 5.68. The molecule has 0 aromatic heterocycles. The maximum Gasteiger partial charge on any atom is 0.408 e. The minimum Gasteiger partial charge on any atom is -0.395 e. The van der Waals surface area contributed by atoms with Crippen LogP contribution in [0.3, 0.4) is 0 Å². The van der Waals surface area contributed by atoms with Gasteiger partial charge in [-0.3, -0.25) is 4.90 Å². The molecule has 1 aromatic rings. The first-order chi connectivity index (χ1) is 11.4. The zero-order valence-electron chi connectivity index (χ0n) is 13.3. The third-order valence-corrected chi connectivity index (χ3v) is 4.05. The van der Waals surface area contributed by atoms with E-state index >= 15 is 0 Å². The molecule has 1 aliphatic rings. The number of hydrogen-bond donors (Lipinski definition) is 2. The Morgan fingerprint density at radius 2 is 1.79 bits per heavy atom. The summed E-state index contributed by atoms with van der Waals surface area (Å²) in [5, 5.41) is 11.0. The molecule has 24 heavy (non-hydrogen) atoms. The SMILES string of the molecule is O=C(N[C@@H](Cc1ccccc1)C(F)(F)F)N1CCN(CCO)CC1. The van der Waals surface area contributed by atoms with Crippen molar-refractivity contribution in [1.29, 1.82) is 0 Å². The van der Waals surface area contributed by atoms with Gasteiger partial charge in [0.15, 0.2) is 0 Å². The van der Waals surface area contributed by atoms with Crippen LogP contribution in [0.15, 0.2) is 30.3 Å². The normalized spacial score (nSPS) is 17.6. The third kappa shape index (κ3) is 5.38. The molecule has 1 atom stereocenters. The Bertz CT molecular complexity index is 517. The summed E-state index contributed by atoms with van der Waals surface area (Å²) in [4.78, 5) is 15.5. The lowest BCUT2D eigenvalue weighted by Gasteiger charge is -2.35. The molecule has 0 saturated carbocycles. The lowest BCUT2D eigenvalue weighted by atomic mass is 10.1. The highest BCUT2D eigenvalue weighted by atomic mass is 19.4. The maximum atomic E-state index is 13.2. The van der Waals surface area contributed by atoms with Gasteiger partial charge in [0, 0.05) is 39.1 Å². The number of amides is 2. The van der Waals surface area contributed by atoms with Gasteiger partial charge in [-0.1, -0.05) is 30.3 Å². The zero-order chi connectivity index (χ0) is 17.6. The van der Waals surface area contributed by atoms with Gasteiger partial charge in [0.2, 0.25) is 0 Å². The summed E-state index contributed by atoms with van der Waals surface area (Å²) in [6.07, 6.45) is -4.80. The average Bonchev–Trinajstić information content (AvgIpc) is 2.55. The van der Waals surface area contributed by atoms with E-state index in [9.17, 15) is 18.0 Å². The van der Waals surface area contributed by atoms with Gasteiger partial charge >= 0.3 is 12.2 Å². The molecule has 1 fully saturated rings. The number of carbonyl (C=O) groups is 1. The van der Waals surface area contributed by atoms with Crippen molar-refractivity contribution in [3.8, 4) is 0 Å². The molecule has 0 radical (unpaired) electrons. The van der Waals surface area contributed by atoms with Crippen molar-refractivity contribution in [1.82, 2.24) is 15.1 Å². The quantitative estimate of drug-likeness (QED) is 0.850. The number of hydrogen-bond acceptors (Lipinski definition) is 3. The van der Waals surface area contributed by atoms with Crippen LogP contribution < -0.4 is 5.32 Å². The van der Waals surface area contributed by atoms with Crippen LogP contribution in [0.2, 0.25) is 0 Å². The van der Waals surface area contributed by atoms with Gasteiger partial charge in [-0.2, -0.15) is 13.2 Å². The molecule has 134 valence electrons. The summed E-state index contributed by atoms with van der Waals surface area (Å²) in [5.41, 5.74) is 0.521. The van der Waals surface area contributed by atoms with Crippen molar-refractivity contribution in [2.24, 2.45) is 0 Å². The van der Waals surface area contributed by atoms with Gasteiger partial charge in [0.05, 0.1) is 6.61 Å². The average molecular weight is 345 g/mol. The van der Waals surface area contributed by atoms with Crippen molar-refractivity contribution in [2.45, 2.75) is 18.6 Å². The largest absolute Gasteiger partial charge is 0.408 e. The van der Waals surface area contributed by atoms with Crippen LogP contribution in [0.4, 0.5) is 18.0 Å². The Labute approximate surface area is 139 Å². The topological polar surface area (TPSA) is 55.8 Å². The third-order valence-electron chi connectivity index (χ3n) is 4.05. The first-order valence-electron chi connectivity index (χ1n) is 7.89. The predicted molar refractivity (Wildman–Crippen MR) is 83.6 cm³/mol. The zero-order valence-corrected chi connectivity index (χ0v) is 13.3. The molecule has 1 saturated heterocycles. The standard InChI is InChI=1S/C16H22F3N3O2/c17-16(18,19)14(12-13-4-2-1-3-5-13)20-15(24)22-8-6-21(7-9-22)10-11-23/h1-5,14,23H,6-12H2,(H,20,24)/t14-/m0/s1. The van der Waals surface area contributed by atoms with Gasteiger partial charge < -0.3 is 15.3 Å². The molecule has 0 unspecified atom stereocenters. The minimum absolute atomic E-state index is 0.0272. The summed E-state index contributed by atoms with van der Waals surface area (Å²) >= 11 is 0. The number of piperazine rings is 1. The van der Waals surface area contributed by atoms with E-state index in [0.29, 0.717) is 38.3 Å². The van der Waals surface area contributed by atoms with Crippen molar-refractivity contribution < 1.29 is 23.1 Å². The Morgan fingerprint density at radius 1 is 1.17 bits per heavy atom. The summed E-state index contributed by atoms with van der Waals surface area (Å²) in [5.74, 6) is 0. The van der Waals surface area contributed by atoms with Crippen molar-refractivity contribution in [2.75, 3.05) is 39.3 Å². The highest BCUT2D eigenvalue weighted by molar-refractivity contribution is 5.74. The fourth-order valence-electron chi connectivity index (χ4n) is 2.65. The molecule has 2 amide bonds. The summed E-state index contributed by atoms with van der Waals surface area (Å²) in [7, 11) is 0. The molecule has 8 heteroatoms. The van der Waals surface area contributed by atoms with Crippen LogP contribution in [-0.2, 0) is 6.42 Å². The van der Waals surface area contributed by atoms with Crippen LogP contribution in [0.1, 0.15) is 5.56 Å². The number of rotatable bonds is 5. The molecule has 0 aliphatic carbocycles. The minimum atomic E-state index is -4.51. The molecule has 2 N–H and O–H groups in total. The number of benzene rings is 1. The predicted octanol–water partition coefficient (Wildman–Crippen LogP) is 1.48. The maximum absolute atomic E-state index is 13.2. The molecule has 2 rings (SSSR count). The van der Waals surface area contributed by atoms with E-state index in [1.54, 1.807) is 30.3 Å². The van der Waals surface area contributed by atoms with Crippen LogP contribution in [0.25, 0.3) is 0 Å². The number of β-amino-alcohol motifs (C(OH)–C–C–N with tert-alkyl or cyclic N) is 1. The summed E-state index contributed by atoms with van der Waals surface area (Å²) < 4.78 is 39.7. The molecule has 5 nitrogen and oxygen atoms in total. The van der Waals surface area contributed by atoms with Gasteiger partial charge in [-0.25, -0.2) is 4.79 Å². The van der Waals surface area contributed by atoms with E-state index in [1.165, 1.54) is 4.90 Å². The number of nitrogens with one attached hydrogen (secondary N) is 1. The molecule has 1 aromatic carbocycles. The lowest BCUT2D eigenvalue weighted by Crippen LogP contribution is -2.56. The van der Waals surface area contributed by atoms with Crippen LogP contribution >= 0.6 is 0 Å². The monoisotopic (exact) mass is 345 g/mol. The fraction of sp³-hybridized carbons (Fsp3) is 0.562. The van der Waals surface area contributed by atoms with Gasteiger partial charge in [-0.05, 0) is 5.56 Å². The van der Waals surface area contributed by atoms with E-state index in [-0.39, 0.29) is 13.0 Å². The molecule has 1 aliphatic heterocycles. The molecule has 0 spiro atoms. The number of aliphatic hydroxyl groups is 1. The number of urea groups is 1. The van der Waals surface area contributed by atoms with E-state index in [1.807, 2.05) is 4.90 Å². The van der Waals surface area contributed by atoms with E-state index in [4.69, 9.17) is 5.11 Å². The van der Waals surface area contributed by atoms with E-state index in [0.717, 1.165) is 0 Å². The Hall–Kier alpha value is -1.80. The van der Waals surface area contributed by atoms with Gasteiger partial charge in [0.1, 0.15) is 6.04 Å². The van der Waals surface area contributed by atoms with Crippen LogP contribution in [-0.4, -0.2) is 72.5 Å². The second-order valence-corrected chi connectivity index (χ2v) is 5.79. The van der Waals surface area contributed by atoms with E-state index < -0.39 is 18.2 Å². The Morgan fingerprint density at radius 3 is 2.33 bits per heavy atom. The lowest BCUT2D eigenvalue weighted by molar-refractivity contribution is -0.153. The highest BCUT2D eigenvalue weighted by Crippen LogP contribution is 2.23. The molecular weight excluding hydrogens is 323 g/mol. The van der Waals surface area contributed by atoms with Crippen LogP contribution in [0, 0.1) is 0 Å². The van der Waals surface area contributed by atoms with Crippen molar-refractivity contribution in [3.05, 3.63) is 35.9 Å². The number of alkyl halides is 3. The van der Waals surface area contributed by atoms with E-state index in [2.05, 4.69) is 5.32 Å². The van der Waals surface area contributed by atoms with Crippen LogP contribution in [0.5, 0.6) is 0 Å². The van der Waals surface area contributed by atoms with Gasteiger partial charge in [0.25, 0.3) is 0 Å². The number of halogens is 3. The first kappa shape index (κ1) is 18.5. The number of nitrogens with zero attached hydrogens (tertiary/aromatic N) is 2. The van der Waals surface area contributed by atoms with Crippen molar-refractivity contribution in [3.63, 3.8) is 0 Å². The number of aliphatic hydroxyl groups excluding tert-OH is 1.